The second kappa shape index (κ2) is 9.36. The van der Waals surface area contributed by atoms with E-state index in [0.717, 1.165) is 11.1 Å². The van der Waals surface area contributed by atoms with Crippen LogP contribution in [0.4, 0.5) is 5.69 Å². The van der Waals surface area contributed by atoms with Gasteiger partial charge in [0, 0.05) is 17.3 Å². The molecular weight excluding hydrogens is 362 g/mol. The highest BCUT2D eigenvalue weighted by molar-refractivity contribution is 6.04. The van der Waals surface area contributed by atoms with Gasteiger partial charge < -0.3 is 19.5 Å². The van der Waals surface area contributed by atoms with E-state index in [9.17, 15) is 14.4 Å². The number of benzene rings is 2. The van der Waals surface area contributed by atoms with E-state index in [4.69, 9.17) is 4.74 Å². The van der Waals surface area contributed by atoms with Gasteiger partial charge in [-0.15, -0.1) is 0 Å². The third-order valence-electron chi connectivity index (χ3n) is 3.84. The average Bonchev–Trinajstić information content (AvgIpc) is 2.70. The van der Waals surface area contributed by atoms with E-state index in [1.165, 1.54) is 38.5 Å². The standard InChI is InChI=1S/C21H21NO6/c1-13-5-7-18(26-2)14(9-13)6-8-19(23)22-17-11-15(20(24)27-3)10-16(12-17)21(25)28-4/h5-12H,1-4H3,(H,22,23)/b8-6+. The average molecular weight is 383 g/mol. The molecule has 2 rings (SSSR count). The maximum Gasteiger partial charge on any atom is 0.337 e. The van der Waals surface area contributed by atoms with Crippen molar-refractivity contribution in [2.24, 2.45) is 0 Å². The normalized spacial score (nSPS) is 10.4. The molecular formula is C21H21NO6. The number of nitrogens with one attached hydrogen (secondary N) is 1. The number of anilines is 1. The van der Waals surface area contributed by atoms with Gasteiger partial charge >= 0.3 is 11.9 Å². The fourth-order valence-corrected chi connectivity index (χ4v) is 2.50. The largest absolute Gasteiger partial charge is 0.496 e. The Hall–Kier alpha value is -3.61. The van der Waals surface area contributed by atoms with E-state index >= 15 is 0 Å². The van der Waals surface area contributed by atoms with Crippen molar-refractivity contribution in [3.63, 3.8) is 0 Å². The molecule has 0 aliphatic rings. The minimum absolute atomic E-state index is 0.116. The monoisotopic (exact) mass is 383 g/mol. The second-order valence-corrected chi connectivity index (χ2v) is 5.85. The molecule has 2 aromatic rings. The SMILES string of the molecule is COC(=O)c1cc(NC(=O)/C=C/c2cc(C)ccc2OC)cc(C(=O)OC)c1. The lowest BCUT2D eigenvalue weighted by molar-refractivity contribution is -0.111. The van der Waals surface area contributed by atoms with Crippen LogP contribution in [0, 0.1) is 6.92 Å². The molecule has 0 aromatic heterocycles. The van der Waals surface area contributed by atoms with E-state index in [1.54, 1.807) is 13.2 Å². The molecule has 7 heteroatoms. The van der Waals surface area contributed by atoms with Crippen LogP contribution in [0.1, 0.15) is 31.8 Å². The molecule has 1 N–H and O–H groups in total. The number of hydrogen-bond acceptors (Lipinski definition) is 6. The highest BCUT2D eigenvalue weighted by Crippen LogP contribution is 2.21. The van der Waals surface area contributed by atoms with Crippen LogP contribution in [-0.4, -0.2) is 39.2 Å². The summed E-state index contributed by atoms with van der Waals surface area (Å²) < 4.78 is 14.6. The molecule has 0 spiro atoms. The van der Waals surface area contributed by atoms with Crippen molar-refractivity contribution in [1.82, 2.24) is 0 Å². The molecule has 0 fully saturated rings. The smallest absolute Gasteiger partial charge is 0.337 e. The molecule has 0 saturated heterocycles. The Kier molecular flexibility index (Phi) is 6.92. The van der Waals surface area contributed by atoms with E-state index in [0.29, 0.717) is 5.75 Å². The Labute approximate surface area is 162 Å². The summed E-state index contributed by atoms with van der Waals surface area (Å²) in [6, 6.07) is 9.77. The van der Waals surface area contributed by atoms with Crippen molar-refractivity contribution >= 4 is 29.6 Å². The van der Waals surface area contributed by atoms with Crippen molar-refractivity contribution in [2.45, 2.75) is 6.92 Å². The first kappa shape index (κ1) is 20.7. The van der Waals surface area contributed by atoms with Crippen molar-refractivity contribution in [2.75, 3.05) is 26.6 Å². The molecule has 146 valence electrons. The van der Waals surface area contributed by atoms with E-state index < -0.39 is 17.8 Å². The van der Waals surface area contributed by atoms with Gasteiger partial charge in [-0.3, -0.25) is 4.79 Å². The topological polar surface area (TPSA) is 90.9 Å². The van der Waals surface area contributed by atoms with E-state index in [2.05, 4.69) is 14.8 Å². The van der Waals surface area contributed by atoms with Crippen molar-refractivity contribution < 1.29 is 28.6 Å². The third kappa shape index (κ3) is 5.20. The molecule has 28 heavy (non-hydrogen) atoms. The highest BCUT2D eigenvalue weighted by atomic mass is 16.5. The van der Waals surface area contributed by atoms with Crippen LogP contribution in [0.5, 0.6) is 5.75 Å². The maximum absolute atomic E-state index is 12.3. The number of hydrogen-bond donors (Lipinski definition) is 1. The lowest BCUT2D eigenvalue weighted by Crippen LogP contribution is -2.12. The Morgan fingerprint density at radius 2 is 1.50 bits per heavy atom. The number of aryl methyl sites for hydroxylation is 1. The van der Waals surface area contributed by atoms with Gasteiger partial charge in [-0.05, 0) is 43.3 Å². The van der Waals surface area contributed by atoms with Gasteiger partial charge in [-0.2, -0.15) is 0 Å². The minimum atomic E-state index is -0.638. The minimum Gasteiger partial charge on any atom is -0.496 e. The number of ether oxygens (including phenoxy) is 3. The van der Waals surface area contributed by atoms with Crippen LogP contribution in [0.15, 0.2) is 42.5 Å². The predicted octanol–water partition coefficient (Wildman–Crippen LogP) is 3.23. The second-order valence-electron chi connectivity index (χ2n) is 5.85. The fourth-order valence-electron chi connectivity index (χ4n) is 2.50. The Balaban J connectivity index is 2.26. The van der Waals surface area contributed by atoms with Gasteiger partial charge in [0.1, 0.15) is 5.75 Å². The first-order chi connectivity index (χ1) is 13.4. The van der Waals surface area contributed by atoms with Crippen LogP contribution in [0.3, 0.4) is 0 Å². The number of rotatable bonds is 6. The van der Waals surface area contributed by atoms with Crippen molar-refractivity contribution in [1.29, 1.82) is 0 Å². The molecule has 1 amide bonds. The van der Waals surface area contributed by atoms with Crippen LogP contribution < -0.4 is 10.1 Å². The summed E-state index contributed by atoms with van der Waals surface area (Å²) in [5.41, 5.74) is 2.26. The number of methoxy groups -OCH3 is 3. The van der Waals surface area contributed by atoms with E-state index in [-0.39, 0.29) is 16.8 Å². The van der Waals surface area contributed by atoms with Crippen molar-refractivity contribution in [3.8, 4) is 5.75 Å². The number of amides is 1. The van der Waals surface area contributed by atoms with Gasteiger partial charge in [0.15, 0.2) is 0 Å². The zero-order chi connectivity index (χ0) is 20.7. The van der Waals surface area contributed by atoms with Crippen LogP contribution in [-0.2, 0) is 14.3 Å². The quantitative estimate of drug-likeness (QED) is 0.608. The maximum atomic E-state index is 12.3. The van der Waals surface area contributed by atoms with Crippen LogP contribution in [0.2, 0.25) is 0 Å². The van der Waals surface area contributed by atoms with Gasteiger partial charge in [0.25, 0.3) is 0 Å². The molecule has 0 aliphatic carbocycles. The Bertz CT molecular complexity index is 898. The predicted molar refractivity (Wildman–Crippen MR) is 105 cm³/mol. The molecule has 0 saturated carbocycles. The third-order valence-corrected chi connectivity index (χ3v) is 3.84. The molecule has 2 aromatic carbocycles. The molecule has 0 heterocycles. The Morgan fingerprint density at radius 1 is 0.893 bits per heavy atom. The van der Waals surface area contributed by atoms with Gasteiger partial charge in [-0.1, -0.05) is 11.6 Å². The summed E-state index contributed by atoms with van der Waals surface area (Å²) in [5.74, 6) is -1.08. The lowest BCUT2D eigenvalue weighted by atomic mass is 10.1. The summed E-state index contributed by atoms with van der Waals surface area (Å²) >= 11 is 0. The fraction of sp³-hybridized carbons (Fsp3) is 0.190. The summed E-state index contributed by atoms with van der Waals surface area (Å²) in [7, 11) is 4.00. The van der Waals surface area contributed by atoms with Crippen LogP contribution >= 0.6 is 0 Å². The number of carbonyl (C=O) groups excluding carboxylic acids is 3. The highest BCUT2D eigenvalue weighted by Gasteiger charge is 2.14. The number of esters is 2. The zero-order valence-electron chi connectivity index (χ0n) is 16.1. The van der Waals surface area contributed by atoms with Crippen molar-refractivity contribution in [3.05, 3.63) is 64.7 Å². The zero-order valence-corrected chi connectivity index (χ0v) is 16.1. The molecule has 0 atom stereocenters. The summed E-state index contributed by atoms with van der Waals surface area (Å²) in [4.78, 5) is 35.9. The molecule has 0 unspecified atom stereocenters. The van der Waals surface area contributed by atoms with Gasteiger partial charge in [0.05, 0.1) is 32.5 Å². The molecule has 0 radical (unpaired) electrons. The molecule has 0 aliphatic heterocycles. The lowest BCUT2D eigenvalue weighted by Gasteiger charge is -2.09. The van der Waals surface area contributed by atoms with Crippen LogP contribution in [0.25, 0.3) is 6.08 Å². The Morgan fingerprint density at radius 3 is 2.04 bits per heavy atom. The molecule has 0 bridgehead atoms. The first-order valence-corrected chi connectivity index (χ1v) is 8.33. The summed E-state index contributed by atoms with van der Waals surface area (Å²) in [6.45, 7) is 1.93. The first-order valence-electron chi connectivity index (χ1n) is 8.33. The van der Waals surface area contributed by atoms with Gasteiger partial charge in [0.2, 0.25) is 5.91 Å². The summed E-state index contributed by atoms with van der Waals surface area (Å²) in [5, 5.41) is 2.62. The molecule has 7 nitrogen and oxygen atoms in total. The number of carbonyl (C=O) groups is 3. The summed E-state index contributed by atoms with van der Waals surface area (Å²) in [6.07, 6.45) is 2.95. The van der Waals surface area contributed by atoms with E-state index in [1.807, 2.05) is 25.1 Å². The van der Waals surface area contributed by atoms with Gasteiger partial charge in [-0.25, -0.2) is 9.59 Å².